The predicted molar refractivity (Wildman–Crippen MR) is 153 cm³/mol. The van der Waals surface area contributed by atoms with Gasteiger partial charge in [-0.1, -0.05) is 55.9 Å². The SMILES string of the molecule is C=C(N)C1=C(C)C(C)C2CC3(C)CC4=C(C5=CC=C(C)CC5)CCC(N)=C4C(=C)C3=C(C)C2/C1=N\C. The Bertz CT molecular complexity index is 1300. The van der Waals surface area contributed by atoms with E-state index in [2.05, 4.69) is 53.3 Å². The van der Waals surface area contributed by atoms with Gasteiger partial charge in [-0.25, -0.2) is 0 Å². The van der Waals surface area contributed by atoms with Gasteiger partial charge in [-0.2, -0.15) is 0 Å². The fraction of sp³-hybridized carbons (Fsp3) is 0.485. The van der Waals surface area contributed by atoms with E-state index < -0.39 is 0 Å². The molecule has 4 atom stereocenters. The average molecular weight is 482 g/mol. The highest BCUT2D eigenvalue weighted by Crippen LogP contribution is 2.62. The van der Waals surface area contributed by atoms with Crippen molar-refractivity contribution in [2.45, 2.75) is 73.1 Å². The van der Waals surface area contributed by atoms with Gasteiger partial charge in [0, 0.05) is 35.5 Å². The zero-order valence-electron chi connectivity index (χ0n) is 23.1. The third-order valence-corrected chi connectivity index (χ3v) is 9.96. The highest BCUT2D eigenvalue weighted by molar-refractivity contribution is 6.08. The lowest BCUT2D eigenvalue weighted by Crippen LogP contribution is -2.46. The van der Waals surface area contributed by atoms with Crippen LogP contribution in [-0.4, -0.2) is 12.8 Å². The molecule has 0 amide bonds. The molecule has 0 bridgehead atoms. The minimum atomic E-state index is 0.0373. The molecule has 3 nitrogen and oxygen atoms in total. The zero-order valence-corrected chi connectivity index (χ0v) is 23.1. The summed E-state index contributed by atoms with van der Waals surface area (Å²) in [5.74, 6) is 1.16. The fourth-order valence-electron chi connectivity index (χ4n) is 8.22. The Hall–Kier alpha value is -2.81. The van der Waals surface area contributed by atoms with Crippen molar-refractivity contribution in [2.24, 2.45) is 39.6 Å². The van der Waals surface area contributed by atoms with Gasteiger partial charge in [-0.15, -0.1) is 0 Å². The van der Waals surface area contributed by atoms with E-state index in [0.717, 1.165) is 61.1 Å². The average Bonchev–Trinajstić information content (AvgIpc) is 2.81. The topological polar surface area (TPSA) is 64.4 Å². The normalized spacial score (nSPS) is 33.9. The maximum atomic E-state index is 6.76. The van der Waals surface area contributed by atoms with Crippen LogP contribution in [0.4, 0.5) is 0 Å². The van der Waals surface area contributed by atoms with Crippen LogP contribution in [0, 0.1) is 23.2 Å². The van der Waals surface area contributed by atoms with Crippen molar-refractivity contribution in [1.82, 2.24) is 0 Å². The third-order valence-electron chi connectivity index (χ3n) is 9.96. The summed E-state index contributed by atoms with van der Waals surface area (Å²) < 4.78 is 0. The molecule has 0 spiro atoms. The number of allylic oxidation sites excluding steroid dienone is 13. The molecule has 1 fully saturated rings. The molecule has 0 saturated heterocycles. The molecule has 0 aromatic heterocycles. The number of nitrogens with two attached hydrogens (primary N) is 2. The van der Waals surface area contributed by atoms with Gasteiger partial charge >= 0.3 is 0 Å². The smallest absolute Gasteiger partial charge is 0.0511 e. The van der Waals surface area contributed by atoms with Gasteiger partial charge in [-0.3, -0.25) is 4.99 Å². The summed E-state index contributed by atoms with van der Waals surface area (Å²) in [4.78, 5) is 4.83. The molecule has 0 radical (unpaired) electrons. The van der Waals surface area contributed by atoms with Crippen molar-refractivity contribution in [1.29, 1.82) is 0 Å². The van der Waals surface area contributed by atoms with Crippen LogP contribution in [-0.2, 0) is 0 Å². The molecule has 5 rings (SSSR count). The summed E-state index contributed by atoms with van der Waals surface area (Å²) in [5, 5.41) is 0. The van der Waals surface area contributed by atoms with E-state index >= 15 is 0 Å². The first-order valence-corrected chi connectivity index (χ1v) is 13.6. The molecule has 36 heavy (non-hydrogen) atoms. The van der Waals surface area contributed by atoms with E-state index in [1.54, 1.807) is 0 Å². The maximum Gasteiger partial charge on any atom is 0.0511 e. The lowest BCUT2D eigenvalue weighted by atomic mass is 9.50. The molecular formula is C33H43N3. The van der Waals surface area contributed by atoms with E-state index in [1.807, 2.05) is 7.05 Å². The summed E-state index contributed by atoms with van der Waals surface area (Å²) in [7, 11) is 1.91. The van der Waals surface area contributed by atoms with Crippen LogP contribution in [0.25, 0.3) is 0 Å². The number of nitrogens with zero attached hydrogens (tertiary/aromatic N) is 1. The summed E-state index contributed by atoms with van der Waals surface area (Å²) in [6.45, 7) is 20.5. The Morgan fingerprint density at radius 3 is 2.39 bits per heavy atom. The molecule has 0 aromatic carbocycles. The molecule has 0 aliphatic heterocycles. The summed E-state index contributed by atoms with van der Waals surface area (Å²) in [6.07, 6.45) is 11.1. The van der Waals surface area contributed by atoms with Gasteiger partial charge in [0.1, 0.15) is 0 Å². The maximum absolute atomic E-state index is 6.76. The second-order valence-electron chi connectivity index (χ2n) is 12.2. The van der Waals surface area contributed by atoms with Gasteiger partial charge in [-0.05, 0) is 104 Å². The highest BCUT2D eigenvalue weighted by Gasteiger charge is 2.52. The second-order valence-corrected chi connectivity index (χ2v) is 12.2. The number of aliphatic imine (C=N–C) groups is 1. The van der Waals surface area contributed by atoms with Gasteiger partial charge in [0.15, 0.2) is 0 Å². The van der Waals surface area contributed by atoms with Crippen LogP contribution in [0.2, 0.25) is 0 Å². The molecular weight excluding hydrogens is 438 g/mol. The van der Waals surface area contributed by atoms with Crippen molar-refractivity contribution >= 4 is 5.71 Å². The summed E-state index contributed by atoms with van der Waals surface area (Å²) >= 11 is 0. The van der Waals surface area contributed by atoms with E-state index in [-0.39, 0.29) is 11.3 Å². The van der Waals surface area contributed by atoms with Crippen molar-refractivity contribution in [3.05, 3.63) is 92.4 Å². The van der Waals surface area contributed by atoms with Crippen LogP contribution >= 0.6 is 0 Å². The molecule has 4 N–H and O–H groups in total. The van der Waals surface area contributed by atoms with Crippen LogP contribution in [0.3, 0.4) is 0 Å². The van der Waals surface area contributed by atoms with Gasteiger partial charge in [0.05, 0.1) is 5.71 Å². The highest BCUT2D eigenvalue weighted by atomic mass is 14.7. The number of hydrogen-bond acceptors (Lipinski definition) is 3. The third kappa shape index (κ3) is 3.49. The Kier molecular flexibility index (Phi) is 5.97. The molecule has 4 unspecified atom stereocenters. The number of fused-ring (bicyclic) bond motifs is 3. The lowest BCUT2D eigenvalue weighted by Gasteiger charge is -2.54. The van der Waals surface area contributed by atoms with Crippen molar-refractivity contribution in [2.75, 3.05) is 7.05 Å². The summed E-state index contributed by atoms with van der Waals surface area (Å²) in [6, 6.07) is 0. The zero-order chi connectivity index (χ0) is 26.1. The van der Waals surface area contributed by atoms with E-state index in [4.69, 9.17) is 23.0 Å². The lowest BCUT2D eigenvalue weighted by molar-refractivity contribution is 0.191. The number of hydrogen-bond donors (Lipinski definition) is 2. The van der Waals surface area contributed by atoms with E-state index in [1.165, 1.54) is 44.6 Å². The van der Waals surface area contributed by atoms with Gasteiger partial charge < -0.3 is 11.5 Å². The Labute approximate surface area is 217 Å². The van der Waals surface area contributed by atoms with E-state index in [9.17, 15) is 0 Å². The van der Waals surface area contributed by atoms with Crippen LogP contribution < -0.4 is 11.5 Å². The fourth-order valence-corrected chi connectivity index (χ4v) is 8.22. The molecule has 1 saturated carbocycles. The molecule has 190 valence electrons. The Morgan fingerprint density at radius 2 is 1.78 bits per heavy atom. The van der Waals surface area contributed by atoms with E-state index in [0.29, 0.717) is 17.5 Å². The standard InChI is InChI=1S/C33H43N3/c1-17-9-11-23(12-10-17)24-13-14-27(35)29-20(4)31-21(5)30-25(15-33(31,7)16-26(24)29)18(2)19(3)28(22(6)34)32(30)36-8/h9,11,18,25,30H,4,6,10,12-16,34-35H2,1-3,5,7-8H3/b36-32-. The molecule has 0 heterocycles. The van der Waals surface area contributed by atoms with Gasteiger partial charge in [0.2, 0.25) is 0 Å². The minimum absolute atomic E-state index is 0.0373. The molecule has 5 aliphatic carbocycles. The number of rotatable bonds is 2. The monoisotopic (exact) mass is 481 g/mol. The largest absolute Gasteiger partial charge is 0.402 e. The van der Waals surface area contributed by atoms with Crippen molar-refractivity contribution in [3.8, 4) is 0 Å². The Morgan fingerprint density at radius 1 is 1.06 bits per heavy atom. The minimum Gasteiger partial charge on any atom is -0.402 e. The van der Waals surface area contributed by atoms with Crippen molar-refractivity contribution in [3.63, 3.8) is 0 Å². The van der Waals surface area contributed by atoms with Gasteiger partial charge in [0.25, 0.3) is 0 Å². The van der Waals surface area contributed by atoms with Crippen LogP contribution in [0.15, 0.2) is 97.4 Å². The summed E-state index contributed by atoms with van der Waals surface area (Å²) in [5.41, 5.74) is 29.5. The van der Waals surface area contributed by atoms with Crippen LogP contribution in [0.1, 0.15) is 73.1 Å². The molecule has 3 heteroatoms. The quantitative estimate of drug-likeness (QED) is 0.432. The second kappa shape index (κ2) is 8.64. The first-order valence-electron chi connectivity index (χ1n) is 13.6. The predicted octanol–water partition coefficient (Wildman–Crippen LogP) is 7.38. The van der Waals surface area contributed by atoms with Crippen LogP contribution in [0.5, 0.6) is 0 Å². The first kappa shape index (κ1) is 24.9. The molecule has 0 aromatic rings. The molecule has 5 aliphatic rings. The Balaban J connectivity index is 1.69. The van der Waals surface area contributed by atoms with Crippen molar-refractivity contribution < 1.29 is 0 Å². The first-order chi connectivity index (χ1) is 17.0.